The fourth-order valence-corrected chi connectivity index (χ4v) is 3.51. The van der Waals surface area contributed by atoms with Crippen LogP contribution in [0.5, 0.6) is 17.2 Å². The van der Waals surface area contributed by atoms with Crippen molar-refractivity contribution in [1.29, 1.82) is 5.26 Å². The van der Waals surface area contributed by atoms with E-state index in [-0.39, 0.29) is 5.91 Å². The Morgan fingerprint density at radius 3 is 2.28 bits per heavy atom. The first-order valence-corrected chi connectivity index (χ1v) is 10.1. The molecule has 1 atom stereocenters. The number of benzene rings is 2. The van der Waals surface area contributed by atoms with Crippen LogP contribution < -0.4 is 24.4 Å². The van der Waals surface area contributed by atoms with E-state index in [0.717, 1.165) is 24.2 Å². The molecule has 1 fully saturated rings. The highest BCUT2D eigenvalue weighted by molar-refractivity contribution is 5.95. The zero-order valence-corrected chi connectivity index (χ0v) is 18.3. The molecule has 0 saturated carbocycles. The lowest BCUT2D eigenvalue weighted by Crippen LogP contribution is -2.25. The molecule has 0 spiro atoms. The highest BCUT2D eigenvalue weighted by atomic mass is 16.5. The van der Waals surface area contributed by atoms with E-state index in [1.54, 1.807) is 23.1 Å². The predicted molar refractivity (Wildman–Crippen MR) is 120 cm³/mol. The topological polar surface area (TPSA) is 101 Å². The minimum Gasteiger partial charge on any atom is -0.493 e. The second kappa shape index (κ2) is 10.4. The summed E-state index contributed by atoms with van der Waals surface area (Å²) in [5.41, 5.74) is 2.15. The van der Waals surface area contributed by atoms with Crippen LogP contribution in [-0.4, -0.2) is 39.7 Å². The molecule has 2 aromatic rings. The van der Waals surface area contributed by atoms with Crippen LogP contribution >= 0.6 is 0 Å². The van der Waals surface area contributed by atoms with Crippen molar-refractivity contribution < 1.29 is 23.8 Å². The third-order valence-electron chi connectivity index (χ3n) is 5.14. The van der Waals surface area contributed by atoms with Crippen molar-refractivity contribution >= 4 is 23.6 Å². The van der Waals surface area contributed by atoms with E-state index in [2.05, 4.69) is 11.4 Å². The van der Waals surface area contributed by atoms with Crippen LogP contribution in [0.25, 0.3) is 6.08 Å². The van der Waals surface area contributed by atoms with Crippen LogP contribution in [0.4, 0.5) is 5.69 Å². The molecule has 8 nitrogen and oxygen atoms in total. The van der Waals surface area contributed by atoms with Crippen molar-refractivity contribution in [2.75, 3.05) is 32.8 Å². The van der Waals surface area contributed by atoms with Gasteiger partial charge in [0.15, 0.2) is 11.5 Å². The molecule has 8 heteroatoms. The van der Waals surface area contributed by atoms with Gasteiger partial charge in [0.25, 0.3) is 0 Å². The molecule has 1 unspecified atom stereocenters. The van der Waals surface area contributed by atoms with Crippen molar-refractivity contribution in [2.45, 2.75) is 18.9 Å². The number of carbonyl (C=O) groups is 2. The fraction of sp³-hybridized carbons (Fsp3) is 0.292. The summed E-state index contributed by atoms with van der Waals surface area (Å²) in [6.07, 6.45) is 4.45. The van der Waals surface area contributed by atoms with Crippen molar-refractivity contribution in [2.24, 2.45) is 0 Å². The Balaban J connectivity index is 1.70. The van der Waals surface area contributed by atoms with Gasteiger partial charge in [0, 0.05) is 24.7 Å². The van der Waals surface area contributed by atoms with Gasteiger partial charge in [0.05, 0.1) is 27.4 Å². The zero-order valence-electron chi connectivity index (χ0n) is 18.3. The first kappa shape index (κ1) is 22.7. The molecule has 3 rings (SSSR count). The number of nitrogens with one attached hydrogen (secondary N) is 1. The number of nitriles is 1. The van der Waals surface area contributed by atoms with Gasteiger partial charge in [-0.05, 0) is 47.9 Å². The van der Waals surface area contributed by atoms with E-state index >= 15 is 0 Å². The number of nitrogens with zero attached hydrogens (tertiary/aromatic N) is 2. The van der Waals surface area contributed by atoms with E-state index in [0.29, 0.717) is 29.2 Å². The Morgan fingerprint density at radius 2 is 1.78 bits per heavy atom. The average molecular weight is 435 g/mol. The molecule has 1 saturated heterocycles. The minimum atomic E-state index is -0.913. The average Bonchev–Trinajstić information content (AvgIpc) is 3.26. The number of rotatable bonds is 8. The predicted octanol–water partition coefficient (Wildman–Crippen LogP) is 3.23. The maximum atomic E-state index is 12.4. The summed E-state index contributed by atoms with van der Waals surface area (Å²) < 4.78 is 15.9. The molecule has 2 aromatic carbocycles. The van der Waals surface area contributed by atoms with E-state index in [9.17, 15) is 14.9 Å². The Labute approximate surface area is 187 Å². The minimum absolute atomic E-state index is 0.127. The SMILES string of the molecule is COc1cc(C(C#N)NC(=O)/C=C/c2ccc(N3CCCC3=O)cc2)cc(OC)c1OC. The zero-order chi connectivity index (χ0) is 23.1. The van der Waals surface area contributed by atoms with Crippen LogP contribution in [0.2, 0.25) is 0 Å². The Hall–Kier alpha value is -3.99. The molecule has 2 amide bonds. The lowest BCUT2D eigenvalue weighted by atomic mass is 10.1. The molecule has 0 aromatic heterocycles. The van der Waals surface area contributed by atoms with Crippen molar-refractivity contribution in [1.82, 2.24) is 5.32 Å². The first-order chi connectivity index (χ1) is 15.5. The van der Waals surface area contributed by atoms with Gasteiger partial charge in [0.2, 0.25) is 17.6 Å². The summed E-state index contributed by atoms with van der Waals surface area (Å²) in [5, 5.41) is 12.3. The molecular weight excluding hydrogens is 410 g/mol. The van der Waals surface area contributed by atoms with Gasteiger partial charge in [-0.1, -0.05) is 12.1 Å². The number of carbonyl (C=O) groups excluding carboxylic acids is 2. The molecule has 1 heterocycles. The lowest BCUT2D eigenvalue weighted by molar-refractivity contribution is -0.117. The van der Waals surface area contributed by atoms with E-state index < -0.39 is 11.9 Å². The van der Waals surface area contributed by atoms with E-state index in [1.165, 1.54) is 27.4 Å². The maximum Gasteiger partial charge on any atom is 0.245 e. The van der Waals surface area contributed by atoms with Gasteiger partial charge in [-0.15, -0.1) is 0 Å². The summed E-state index contributed by atoms with van der Waals surface area (Å²) in [6.45, 7) is 0.729. The number of hydrogen-bond donors (Lipinski definition) is 1. The van der Waals surface area contributed by atoms with Gasteiger partial charge in [0.1, 0.15) is 6.04 Å². The molecule has 166 valence electrons. The van der Waals surface area contributed by atoms with Crippen LogP contribution in [0, 0.1) is 11.3 Å². The normalized spacial score (nSPS) is 14.2. The lowest BCUT2D eigenvalue weighted by Gasteiger charge is -2.17. The van der Waals surface area contributed by atoms with Crippen LogP contribution in [0.15, 0.2) is 42.5 Å². The van der Waals surface area contributed by atoms with Gasteiger partial charge in [-0.25, -0.2) is 0 Å². The molecule has 1 aliphatic heterocycles. The molecule has 32 heavy (non-hydrogen) atoms. The third kappa shape index (κ3) is 5.01. The highest BCUT2D eigenvalue weighted by Gasteiger charge is 2.21. The maximum absolute atomic E-state index is 12.4. The summed E-state index contributed by atoms with van der Waals surface area (Å²) in [4.78, 5) is 26.0. The summed E-state index contributed by atoms with van der Waals surface area (Å²) in [5.74, 6) is 0.888. The first-order valence-electron chi connectivity index (χ1n) is 10.1. The van der Waals surface area contributed by atoms with Crippen molar-refractivity contribution in [3.63, 3.8) is 0 Å². The van der Waals surface area contributed by atoms with Crippen LogP contribution in [0.1, 0.15) is 30.0 Å². The monoisotopic (exact) mass is 435 g/mol. The molecule has 1 aliphatic rings. The van der Waals surface area contributed by atoms with Crippen LogP contribution in [-0.2, 0) is 9.59 Å². The van der Waals surface area contributed by atoms with Crippen molar-refractivity contribution in [3.05, 3.63) is 53.6 Å². The quantitative estimate of drug-likeness (QED) is 0.639. The largest absolute Gasteiger partial charge is 0.493 e. The van der Waals surface area contributed by atoms with Gasteiger partial charge < -0.3 is 24.4 Å². The fourth-order valence-electron chi connectivity index (χ4n) is 3.51. The van der Waals surface area contributed by atoms with E-state index in [1.807, 2.05) is 24.3 Å². The molecule has 0 radical (unpaired) electrons. The second-order valence-electron chi connectivity index (χ2n) is 7.10. The van der Waals surface area contributed by atoms with Gasteiger partial charge >= 0.3 is 0 Å². The second-order valence-corrected chi connectivity index (χ2v) is 7.10. The summed E-state index contributed by atoms with van der Waals surface area (Å²) >= 11 is 0. The smallest absolute Gasteiger partial charge is 0.245 e. The molecule has 0 bridgehead atoms. The molecule has 1 N–H and O–H groups in total. The number of anilines is 1. The number of hydrogen-bond acceptors (Lipinski definition) is 6. The standard InChI is InChI=1S/C24H25N3O5/c1-30-20-13-17(14-21(31-2)24(20)32-3)19(15-25)26-22(28)11-8-16-6-9-18(10-7-16)27-12-4-5-23(27)29/h6-11,13-14,19H,4-5,12H2,1-3H3,(H,26,28)/b11-8+. The number of methoxy groups -OCH3 is 3. The molecule has 0 aliphatic carbocycles. The van der Waals surface area contributed by atoms with Crippen molar-refractivity contribution in [3.8, 4) is 23.3 Å². The Bertz CT molecular complexity index is 1030. The van der Waals surface area contributed by atoms with E-state index in [4.69, 9.17) is 14.2 Å². The highest BCUT2D eigenvalue weighted by Crippen LogP contribution is 2.39. The molecular formula is C24H25N3O5. The van der Waals surface area contributed by atoms with Crippen LogP contribution in [0.3, 0.4) is 0 Å². The Kier molecular flexibility index (Phi) is 7.34. The van der Waals surface area contributed by atoms with Gasteiger partial charge in [-0.3, -0.25) is 9.59 Å². The number of ether oxygens (including phenoxy) is 3. The van der Waals surface area contributed by atoms with Gasteiger partial charge in [-0.2, -0.15) is 5.26 Å². The number of amides is 2. The summed E-state index contributed by atoms with van der Waals surface area (Å²) in [7, 11) is 4.45. The Morgan fingerprint density at radius 1 is 1.12 bits per heavy atom. The third-order valence-corrected chi connectivity index (χ3v) is 5.14. The summed E-state index contributed by atoms with van der Waals surface area (Å²) in [6, 6.07) is 11.8.